The fraction of sp³-hybridized carbons (Fsp3) is 0.273. The molecule has 3 rings (SSSR count). The zero-order chi connectivity index (χ0) is 19.4. The molecule has 2 aromatic carbocycles. The number of pyridine rings is 1. The van der Waals surface area contributed by atoms with E-state index in [0.29, 0.717) is 40.3 Å². The van der Waals surface area contributed by atoms with Gasteiger partial charge in [0.1, 0.15) is 5.75 Å². The van der Waals surface area contributed by atoms with Crippen molar-refractivity contribution >= 4 is 16.7 Å². The quantitative estimate of drug-likeness (QED) is 0.614. The van der Waals surface area contributed by atoms with Gasteiger partial charge in [-0.3, -0.25) is 9.36 Å². The number of esters is 1. The fourth-order valence-corrected chi connectivity index (χ4v) is 2.87. The van der Waals surface area contributed by atoms with Gasteiger partial charge in [-0.05, 0) is 30.5 Å². The summed E-state index contributed by atoms with van der Waals surface area (Å²) in [4.78, 5) is 25.7. The first-order valence-electron chi connectivity index (χ1n) is 8.97. The van der Waals surface area contributed by atoms with Crippen LogP contribution in [0.1, 0.15) is 30.6 Å². The number of nitrogens with zero attached hydrogens (tertiary/aromatic N) is 1. The molecule has 5 heteroatoms. The Balaban J connectivity index is 2.11. The number of rotatable bonds is 6. The number of methoxy groups -OCH3 is 1. The number of fused-ring (bicyclic) bond motifs is 1. The second kappa shape index (κ2) is 8.08. The average molecular weight is 365 g/mol. The van der Waals surface area contributed by atoms with Crippen LogP contribution in [0, 0.1) is 5.92 Å². The molecule has 1 heterocycles. The van der Waals surface area contributed by atoms with Crippen LogP contribution in [0.3, 0.4) is 0 Å². The first-order chi connectivity index (χ1) is 13.0. The maximum absolute atomic E-state index is 13.0. The number of hydrogen-bond acceptors (Lipinski definition) is 4. The molecule has 140 valence electrons. The Bertz CT molecular complexity index is 1020. The third-order valence-corrected chi connectivity index (χ3v) is 4.40. The van der Waals surface area contributed by atoms with E-state index in [1.54, 1.807) is 55.8 Å². The number of benzene rings is 2. The molecule has 0 fully saturated rings. The molecule has 0 amide bonds. The Kier molecular flexibility index (Phi) is 5.60. The van der Waals surface area contributed by atoms with E-state index in [0.717, 1.165) is 6.42 Å². The van der Waals surface area contributed by atoms with E-state index in [2.05, 4.69) is 13.8 Å². The smallest absolute Gasteiger partial charge is 0.340 e. The standard InChI is InChI=1S/C22H23NO4/c1-15(2)11-12-27-22(25)20-14-23(16-7-6-8-17(13-16)26-3)21(24)19-10-5-4-9-18(19)20/h4-10,13-15H,11-12H2,1-3H3. The normalized spacial score (nSPS) is 11.0. The van der Waals surface area contributed by atoms with Crippen molar-refractivity contribution in [2.75, 3.05) is 13.7 Å². The van der Waals surface area contributed by atoms with Crippen molar-refractivity contribution in [1.82, 2.24) is 4.57 Å². The number of hydrogen-bond donors (Lipinski definition) is 0. The van der Waals surface area contributed by atoms with Crippen LogP contribution in [0.5, 0.6) is 5.75 Å². The second-order valence-corrected chi connectivity index (χ2v) is 6.78. The van der Waals surface area contributed by atoms with Gasteiger partial charge in [-0.1, -0.05) is 38.1 Å². The zero-order valence-corrected chi connectivity index (χ0v) is 15.8. The van der Waals surface area contributed by atoms with Crippen LogP contribution in [0.4, 0.5) is 0 Å². The summed E-state index contributed by atoms with van der Waals surface area (Å²) >= 11 is 0. The van der Waals surface area contributed by atoms with Crippen LogP contribution in [0.2, 0.25) is 0 Å². The van der Waals surface area contributed by atoms with Crippen LogP contribution in [0.25, 0.3) is 16.5 Å². The largest absolute Gasteiger partial charge is 0.497 e. The Morgan fingerprint density at radius 2 is 1.81 bits per heavy atom. The summed E-state index contributed by atoms with van der Waals surface area (Å²) in [7, 11) is 1.57. The van der Waals surface area contributed by atoms with E-state index in [9.17, 15) is 9.59 Å². The molecule has 1 aromatic heterocycles. The maximum Gasteiger partial charge on any atom is 0.340 e. The summed E-state index contributed by atoms with van der Waals surface area (Å²) in [5.74, 6) is 0.650. The average Bonchev–Trinajstić information content (AvgIpc) is 2.68. The number of ether oxygens (including phenoxy) is 2. The van der Waals surface area contributed by atoms with Gasteiger partial charge in [0.2, 0.25) is 0 Å². The molecule has 0 atom stereocenters. The molecule has 0 saturated carbocycles. The summed E-state index contributed by atoms with van der Waals surface area (Å²) in [5.41, 5.74) is 0.802. The fourth-order valence-electron chi connectivity index (χ4n) is 2.87. The Morgan fingerprint density at radius 1 is 1.07 bits per heavy atom. The number of carbonyl (C=O) groups excluding carboxylic acids is 1. The zero-order valence-electron chi connectivity index (χ0n) is 15.8. The van der Waals surface area contributed by atoms with Gasteiger partial charge >= 0.3 is 5.97 Å². The van der Waals surface area contributed by atoms with Crippen LogP contribution >= 0.6 is 0 Å². The lowest BCUT2D eigenvalue weighted by Crippen LogP contribution is -2.21. The first-order valence-corrected chi connectivity index (χ1v) is 8.97. The van der Waals surface area contributed by atoms with E-state index in [4.69, 9.17) is 9.47 Å². The molecule has 27 heavy (non-hydrogen) atoms. The minimum absolute atomic E-state index is 0.197. The Morgan fingerprint density at radius 3 is 2.52 bits per heavy atom. The van der Waals surface area contributed by atoms with Gasteiger partial charge in [-0.15, -0.1) is 0 Å². The van der Waals surface area contributed by atoms with Gasteiger partial charge in [0.15, 0.2) is 0 Å². The second-order valence-electron chi connectivity index (χ2n) is 6.78. The van der Waals surface area contributed by atoms with Gasteiger partial charge in [0.05, 0.1) is 25.0 Å². The lowest BCUT2D eigenvalue weighted by atomic mass is 10.1. The highest BCUT2D eigenvalue weighted by Crippen LogP contribution is 2.21. The number of carbonyl (C=O) groups is 1. The summed E-state index contributed by atoms with van der Waals surface area (Å²) in [6.07, 6.45) is 2.34. The molecular weight excluding hydrogens is 342 g/mol. The number of aromatic nitrogens is 1. The van der Waals surface area contributed by atoms with E-state index in [-0.39, 0.29) is 5.56 Å². The molecular formula is C22H23NO4. The van der Waals surface area contributed by atoms with Crippen molar-refractivity contribution < 1.29 is 14.3 Å². The lowest BCUT2D eigenvalue weighted by Gasteiger charge is -2.13. The highest BCUT2D eigenvalue weighted by Gasteiger charge is 2.17. The minimum Gasteiger partial charge on any atom is -0.497 e. The monoisotopic (exact) mass is 365 g/mol. The molecule has 0 aliphatic rings. The molecule has 0 N–H and O–H groups in total. The lowest BCUT2D eigenvalue weighted by molar-refractivity contribution is 0.0489. The summed E-state index contributed by atoms with van der Waals surface area (Å²) in [6, 6.07) is 14.2. The molecule has 0 unspecified atom stereocenters. The summed E-state index contributed by atoms with van der Waals surface area (Å²) in [5, 5.41) is 1.06. The van der Waals surface area contributed by atoms with Gasteiger partial charge in [0, 0.05) is 23.0 Å². The van der Waals surface area contributed by atoms with E-state index in [1.165, 1.54) is 4.57 Å². The molecule has 0 aliphatic carbocycles. The molecule has 5 nitrogen and oxygen atoms in total. The van der Waals surface area contributed by atoms with Crippen molar-refractivity contribution in [3.8, 4) is 11.4 Å². The molecule has 0 bridgehead atoms. The van der Waals surface area contributed by atoms with Crippen LogP contribution in [-0.2, 0) is 4.74 Å². The van der Waals surface area contributed by atoms with Gasteiger partial charge in [0.25, 0.3) is 5.56 Å². The highest BCUT2D eigenvalue weighted by molar-refractivity contribution is 6.04. The predicted molar refractivity (Wildman–Crippen MR) is 106 cm³/mol. The molecule has 0 radical (unpaired) electrons. The topological polar surface area (TPSA) is 57.5 Å². The van der Waals surface area contributed by atoms with Crippen molar-refractivity contribution in [2.24, 2.45) is 5.92 Å². The summed E-state index contributed by atoms with van der Waals surface area (Å²) < 4.78 is 12.2. The SMILES string of the molecule is COc1cccc(-n2cc(C(=O)OCCC(C)C)c3ccccc3c2=O)c1. The Hall–Kier alpha value is -3.08. The maximum atomic E-state index is 13.0. The Labute approximate surface area is 158 Å². The van der Waals surface area contributed by atoms with Crippen LogP contribution < -0.4 is 10.3 Å². The minimum atomic E-state index is -0.427. The molecule has 3 aromatic rings. The van der Waals surface area contributed by atoms with Gasteiger partial charge < -0.3 is 9.47 Å². The van der Waals surface area contributed by atoms with E-state index in [1.807, 2.05) is 6.07 Å². The van der Waals surface area contributed by atoms with E-state index >= 15 is 0 Å². The third-order valence-electron chi connectivity index (χ3n) is 4.40. The predicted octanol–water partition coefficient (Wildman–Crippen LogP) is 4.20. The highest BCUT2D eigenvalue weighted by atomic mass is 16.5. The van der Waals surface area contributed by atoms with Crippen LogP contribution in [-0.4, -0.2) is 24.3 Å². The van der Waals surface area contributed by atoms with Gasteiger partial charge in [-0.2, -0.15) is 0 Å². The van der Waals surface area contributed by atoms with Crippen molar-refractivity contribution in [3.05, 3.63) is 70.6 Å². The van der Waals surface area contributed by atoms with Gasteiger partial charge in [-0.25, -0.2) is 4.79 Å². The van der Waals surface area contributed by atoms with Crippen molar-refractivity contribution in [1.29, 1.82) is 0 Å². The summed E-state index contributed by atoms with van der Waals surface area (Å²) in [6.45, 7) is 4.50. The van der Waals surface area contributed by atoms with Crippen LogP contribution in [0.15, 0.2) is 59.5 Å². The van der Waals surface area contributed by atoms with Crippen molar-refractivity contribution in [3.63, 3.8) is 0 Å². The van der Waals surface area contributed by atoms with E-state index < -0.39 is 5.97 Å². The molecule has 0 spiro atoms. The first kappa shape index (κ1) is 18.7. The molecule has 0 aliphatic heterocycles. The molecule has 0 saturated heterocycles. The third kappa shape index (κ3) is 4.03. The van der Waals surface area contributed by atoms with Crippen molar-refractivity contribution in [2.45, 2.75) is 20.3 Å².